The lowest BCUT2D eigenvalue weighted by atomic mass is 10.1. The van der Waals surface area contributed by atoms with Crippen LogP contribution in [0.1, 0.15) is 41.0 Å². The number of azo groups is 1. The molecule has 0 aromatic carbocycles. The summed E-state index contributed by atoms with van der Waals surface area (Å²) in [4.78, 5) is 22.8. The minimum absolute atomic E-state index is 0.0882. The van der Waals surface area contributed by atoms with Gasteiger partial charge in [-0.3, -0.25) is 0 Å². The minimum atomic E-state index is -1.04. The van der Waals surface area contributed by atoms with Gasteiger partial charge in [0.2, 0.25) is 0 Å². The molecule has 0 aliphatic rings. The highest BCUT2D eigenvalue weighted by Crippen LogP contribution is 2.13. The van der Waals surface area contributed by atoms with E-state index in [1.54, 1.807) is 13.8 Å². The normalized spacial score (nSPS) is 14.9. The molecule has 0 spiro atoms. The van der Waals surface area contributed by atoms with Crippen LogP contribution in [0.5, 0.6) is 0 Å². The Morgan fingerprint density at radius 3 is 1.89 bits per heavy atom. The van der Waals surface area contributed by atoms with Gasteiger partial charge in [0, 0.05) is 0 Å². The molecule has 6 nitrogen and oxygen atoms in total. The van der Waals surface area contributed by atoms with Crippen LogP contribution in [0.4, 0.5) is 0 Å². The summed E-state index contributed by atoms with van der Waals surface area (Å²) in [6.45, 7) is 9.38. The maximum Gasteiger partial charge on any atom is 0.333 e. The highest BCUT2D eigenvalue weighted by molar-refractivity contribution is 5.76. The highest BCUT2D eigenvalue weighted by atomic mass is 16.5. The molecule has 0 aromatic rings. The fourth-order valence-electron chi connectivity index (χ4n) is 1.35. The van der Waals surface area contributed by atoms with E-state index in [0.29, 0.717) is 6.61 Å². The van der Waals surface area contributed by atoms with E-state index in [0.717, 1.165) is 6.42 Å². The first-order valence-corrected chi connectivity index (χ1v) is 6.60. The lowest BCUT2D eigenvalue weighted by Gasteiger charge is -2.16. The van der Waals surface area contributed by atoms with Gasteiger partial charge in [-0.2, -0.15) is 10.2 Å². The van der Waals surface area contributed by atoms with Crippen molar-refractivity contribution in [3.8, 4) is 0 Å². The van der Waals surface area contributed by atoms with E-state index >= 15 is 0 Å². The number of carbonyl (C=O) groups excluding carboxylic acids is 1. The molecule has 0 heterocycles. The zero-order valence-electron chi connectivity index (χ0n) is 12.3. The third-order valence-corrected chi connectivity index (χ3v) is 2.52. The van der Waals surface area contributed by atoms with Crippen LogP contribution >= 0.6 is 0 Å². The quantitative estimate of drug-likeness (QED) is 0.543. The molecule has 19 heavy (non-hydrogen) atoms. The Labute approximate surface area is 114 Å². The number of esters is 1. The number of nitrogens with zero attached hydrogens (tertiary/aromatic N) is 2. The second-order valence-corrected chi connectivity index (χ2v) is 5.11. The number of carbonyl (C=O) groups is 2. The first-order valence-electron chi connectivity index (χ1n) is 6.60. The summed E-state index contributed by atoms with van der Waals surface area (Å²) in [5.41, 5.74) is 0. The summed E-state index contributed by atoms with van der Waals surface area (Å²) < 4.78 is 5.03. The maximum absolute atomic E-state index is 11.8. The van der Waals surface area contributed by atoms with E-state index in [-0.39, 0.29) is 11.8 Å². The van der Waals surface area contributed by atoms with Gasteiger partial charge >= 0.3 is 11.9 Å². The Bertz CT molecular complexity index is 327. The summed E-state index contributed by atoms with van der Waals surface area (Å²) >= 11 is 0. The van der Waals surface area contributed by atoms with Crippen molar-refractivity contribution in [2.75, 3.05) is 6.61 Å². The van der Waals surface area contributed by atoms with Crippen molar-refractivity contribution in [3.63, 3.8) is 0 Å². The van der Waals surface area contributed by atoms with E-state index in [2.05, 4.69) is 10.2 Å². The van der Waals surface area contributed by atoms with Crippen LogP contribution in [0.3, 0.4) is 0 Å². The molecule has 0 amide bonds. The average Bonchev–Trinajstić information content (AvgIpc) is 2.29. The fourth-order valence-corrected chi connectivity index (χ4v) is 1.35. The van der Waals surface area contributed by atoms with Gasteiger partial charge in [0.15, 0.2) is 12.1 Å². The lowest BCUT2D eigenvalue weighted by molar-refractivity contribution is -0.147. The van der Waals surface area contributed by atoms with Crippen LogP contribution in [0, 0.1) is 11.8 Å². The molecule has 6 heteroatoms. The molecule has 2 atom stereocenters. The Morgan fingerprint density at radius 2 is 1.53 bits per heavy atom. The summed E-state index contributed by atoms with van der Waals surface area (Å²) in [6, 6.07) is -1.67. The standard InChI is InChI=1S/C13H24N2O4/c1-6-7-19-13(18)11(9(4)5)15-14-10(8(2)3)12(16)17/h8-11H,6-7H2,1-5H3,(H,16,17). The first kappa shape index (κ1) is 17.5. The molecule has 0 fully saturated rings. The fraction of sp³-hybridized carbons (Fsp3) is 0.846. The molecule has 110 valence electrons. The highest BCUT2D eigenvalue weighted by Gasteiger charge is 2.26. The number of hydrogen-bond donors (Lipinski definition) is 1. The smallest absolute Gasteiger partial charge is 0.333 e. The predicted molar refractivity (Wildman–Crippen MR) is 71.0 cm³/mol. The van der Waals surface area contributed by atoms with Crippen molar-refractivity contribution in [3.05, 3.63) is 0 Å². The number of carboxylic acid groups (broad SMARTS) is 1. The van der Waals surface area contributed by atoms with Gasteiger partial charge in [0.1, 0.15) is 0 Å². The zero-order chi connectivity index (χ0) is 15.0. The second kappa shape index (κ2) is 8.61. The molecule has 0 bridgehead atoms. The van der Waals surface area contributed by atoms with Crippen LogP contribution in [0.25, 0.3) is 0 Å². The third-order valence-electron chi connectivity index (χ3n) is 2.52. The summed E-state index contributed by atoms with van der Waals surface area (Å²) in [6.07, 6.45) is 0.734. The molecule has 0 aromatic heterocycles. The molecule has 0 saturated heterocycles. The predicted octanol–water partition coefficient (Wildman–Crippen LogP) is 2.53. The van der Waals surface area contributed by atoms with Gasteiger partial charge in [-0.15, -0.1) is 0 Å². The summed E-state index contributed by atoms with van der Waals surface area (Å²) in [7, 11) is 0. The van der Waals surface area contributed by atoms with Crippen molar-refractivity contribution >= 4 is 11.9 Å². The zero-order valence-corrected chi connectivity index (χ0v) is 12.3. The van der Waals surface area contributed by atoms with Crippen LogP contribution < -0.4 is 0 Å². The van der Waals surface area contributed by atoms with E-state index in [9.17, 15) is 9.59 Å². The Kier molecular flexibility index (Phi) is 7.95. The van der Waals surface area contributed by atoms with E-state index in [1.807, 2.05) is 20.8 Å². The van der Waals surface area contributed by atoms with E-state index in [4.69, 9.17) is 9.84 Å². The molecule has 0 saturated carbocycles. The largest absolute Gasteiger partial charge is 0.480 e. The lowest BCUT2D eigenvalue weighted by Crippen LogP contribution is -2.29. The molecule has 0 aliphatic heterocycles. The van der Waals surface area contributed by atoms with Crippen LogP contribution in [0.15, 0.2) is 10.2 Å². The molecular weight excluding hydrogens is 248 g/mol. The number of hydrogen-bond acceptors (Lipinski definition) is 5. The molecule has 1 N–H and O–H groups in total. The number of ether oxygens (including phenoxy) is 1. The van der Waals surface area contributed by atoms with Crippen molar-refractivity contribution in [1.82, 2.24) is 0 Å². The Balaban J connectivity index is 4.82. The van der Waals surface area contributed by atoms with Crippen molar-refractivity contribution in [2.24, 2.45) is 22.1 Å². The number of aliphatic carboxylic acids is 1. The molecule has 0 rings (SSSR count). The van der Waals surface area contributed by atoms with Gasteiger partial charge in [-0.05, 0) is 18.3 Å². The van der Waals surface area contributed by atoms with Crippen molar-refractivity contribution < 1.29 is 19.4 Å². The van der Waals surface area contributed by atoms with Crippen molar-refractivity contribution in [1.29, 1.82) is 0 Å². The molecule has 0 radical (unpaired) electrons. The summed E-state index contributed by atoms with van der Waals surface area (Å²) in [5, 5.41) is 16.7. The minimum Gasteiger partial charge on any atom is -0.480 e. The average molecular weight is 272 g/mol. The Morgan fingerprint density at radius 1 is 1.05 bits per heavy atom. The first-order chi connectivity index (χ1) is 8.81. The molecule has 0 aliphatic carbocycles. The van der Waals surface area contributed by atoms with Gasteiger partial charge in [-0.1, -0.05) is 34.6 Å². The maximum atomic E-state index is 11.8. The number of rotatable bonds is 8. The molecular formula is C13H24N2O4. The monoisotopic (exact) mass is 272 g/mol. The summed E-state index contributed by atoms with van der Waals surface area (Å²) in [5.74, 6) is -1.76. The van der Waals surface area contributed by atoms with Gasteiger partial charge in [0.05, 0.1) is 6.61 Å². The van der Waals surface area contributed by atoms with E-state index < -0.39 is 24.0 Å². The second-order valence-electron chi connectivity index (χ2n) is 5.11. The van der Waals surface area contributed by atoms with Crippen LogP contribution in [-0.2, 0) is 14.3 Å². The van der Waals surface area contributed by atoms with Crippen molar-refractivity contribution in [2.45, 2.75) is 53.1 Å². The van der Waals surface area contributed by atoms with Gasteiger partial charge < -0.3 is 9.84 Å². The third kappa shape index (κ3) is 6.31. The van der Waals surface area contributed by atoms with E-state index in [1.165, 1.54) is 0 Å². The Hall–Kier alpha value is -1.46. The van der Waals surface area contributed by atoms with Gasteiger partial charge in [0.25, 0.3) is 0 Å². The topological polar surface area (TPSA) is 88.3 Å². The van der Waals surface area contributed by atoms with Crippen LogP contribution in [0.2, 0.25) is 0 Å². The number of carboxylic acids is 1. The van der Waals surface area contributed by atoms with Gasteiger partial charge in [-0.25, -0.2) is 9.59 Å². The molecule has 2 unspecified atom stereocenters. The SMILES string of the molecule is CCCOC(=O)C(N=NC(C(=O)O)C(C)C)C(C)C. The van der Waals surface area contributed by atoms with Crippen LogP contribution in [-0.4, -0.2) is 35.7 Å².